The molecule has 6 N–H and O–H groups in total. The van der Waals surface area contributed by atoms with Crippen molar-refractivity contribution >= 4 is 40.0 Å². The smallest absolute Gasteiger partial charge is 0.0983 e. The Morgan fingerprint density at radius 2 is 1.65 bits per heavy atom. The summed E-state index contributed by atoms with van der Waals surface area (Å²) in [5.41, 5.74) is 22.6. The largest absolute Gasteiger partial charge is 0.397 e. The van der Waals surface area contributed by atoms with E-state index in [0.29, 0.717) is 24.0 Å². The van der Waals surface area contributed by atoms with Crippen LogP contribution in [0.25, 0.3) is 6.08 Å². The molecular formula is C21H32IN3O. The molecule has 0 unspecified atom stereocenters. The SMILES string of the molecule is Nc1c(/C=C/C2CCC(N)CC2)ccc(C2CCC(OCI)CC2)c1N. The average Bonchev–Trinajstić information content (AvgIpc) is 2.65. The topological polar surface area (TPSA) is 87.3 Å². The molecule has 0 spiro atoms. The van der Waals surface area contributed by atoms with Crippen molar-refractivity contribution < 1.29 is 4.74 Å². The maximum Gasteiger partial charge on any atom is 0.0983 e. The molecule has 26 heavy (non-hydrogen) atoms. The minimum absolute atomic E-state index is 0.386. The van der Waals surface area contributed by atoms with E-state index in [1.54, 1.807) is 0 Å². The standard InChI is InChI=1S/C21H32IN3O/c22-13-26-18-10-5-15(6-11-18)19-12-7-16(20(24)21(19)25)4-1-14-2-8-17(23)9-3-14/h1,4,7,12,14-15,17-18H,2-3,5-6,8-11,13,23-25H2/b4-1+. The molecule has 3 rings (SSSR count). The van der Waals surface area contributed by atoms with Crippen molar-refractivity contribution in [2.24, 2.45) is 11.7 Å². The summed E-state index contributed by atoms with van der Waals surface area (Å²) in [6.45, 7) is 0. The van der Waals surface area contributed by atoms with Gasteiger partial charge >= 0.3 is 0 Å². The number of rotatable bonds is 5. The molecule has 1 aromatic carbocycles. The summed E-state index contributed by atoms with van der Waals surface area (Å²) in [5, 5.41) is 0. The number of ether oxygens (including phenoxy) is 1. The lowest BCUT2D eigenvalue weighted by atomic mass is 9.81. The molecule has 0 heterocycles. The van der Waals surface area contributed by atoms with E-state index in [-0.39, 0.29) is 0 Å². The molecule has 2 aliphatic carbocycles. The third kappa shape index (κ3) is 4.93. The van der Waals surface area contributed by atoms with Crippen LogP contribution in [0.3, 0.4) is 0 Å². The van der Waals surface area contributed by atoms with Crippen molar-refractivity contribution in [1.82, 2.24) is 0 Å². The zero-order chi connectivity index (χ0) is 18.5. The average molecular weight is 469 g/mol. The Bertz CT molecular complexity index is 618. The summed E-state index contributed by atoms with van der Waals surface area (Å²) < 4.78 is 6.52. The van der Waals surface area contributed by atoms with Gasteiger partial charge in [0, 0.05) is 6.04 Å². The molecule has 4 nitrogen and oxygen atoms in total. The number of halogens is 1. The Kier molecular flexibility index (Phi) is 7.23. The summed E-state index contributed by atoms with van der Waals surface area (Å²) in [6, 6.07) is 4.71. The van der Waals surface area contributed by atoms with Crippen LogP contribution in [0.15, 0.2) is 18.2 Å². The van der Waals surface area contributed by atoms with E-state index >= 15 is 0 Å². The first-order chi connectivity index (χ1) is 12.6. The molecule has 0 bridgehead atoms. The van der Waals surface area contributed by atoms with E-state index < -0.39 is 0 Å². The molecule has 5 heteroatoms. The number of nitrogen functional groups attached to an aromatic ring is 2. The number of allylic oxidation sites excluding steroid dienone is 1. The van der Waals surface area contributed by atoms with Gasteiger partial charge in [-0.3, -0.25) is 0 Å². The highest BCUT2D eigenvalue weighted by molar-refractivity contribution is 14.1. The number of benzene rings is 1. The minimum atomic E-state index is 0.386. The highest BCUT2D eigenvalue weighted by atomic mass is 127. The van der Waals surface area contributed by atoms with Gasteiger partial charge in [0.15, 0.2) is 0 Å². The lowest BCUT2D eigenvalue weighted by molar-refractivity contribution is 0.0608. The molecule has 0 saturated heterocycles. The van der Waals surface area contributed by atoms with E-state index in [2.05, 4.69) is 46.9 Å². The van der Waals surface area contributed by atoms with Gasteiger partial charge in [-0.05, 0) is 74.3 Å². The Hall–Kier alpha value is -0.790. The molecule has 0 aliphatic heterocycles. The molecule has 2 fully saturated rings. The van der Waals surface area contributed by atoms with E-state index in [1.807, 2.05) is 0 Å². The van der Waals surface area contributed by atoms with Crippen LogP contribution in [0.2, 0.25) is 0 Å². The third-order valence-corrected chi connectivity index (χ3v) is 6.49. The fourth-order valence-corrected chi connectivity index (χ4v) is 4.89. The van der Waals surface area contributed by atoms with Crippen LogP contribution < -0.4 is 17.2 Å². The molecule has 2 saturated carbocycles. The van der Waals surface area contributed by atoms with Crippen molar-refractivity contribution in [3.8, 4) is 0 Å². The van der Waals surface area contributed by atoms with Gasteiger partial charge in [0.05, 0.1) is 22.1 Å². The zero-order valence-corrected chi connectivity index (χ0v) is 17.7. The van der Waals surface area contributed by atoms with Crippen molar-refractivity contribution in [2.75, 3.05) is 16.1 Å². The second-order valence-corrected chi connectivity index (χ2v) is 8.48. The number of alkyl halides is 1. The Balaban J connectivity index is 1.65. The van der Waals surface area contributed by atoms with Gasteiger partial charge < -0.3 is 21.9 Å². The van der Waals surface area contributed by atoms with Gasteiger partial charge in [-0.25, -0.2) is 0 Å². The lowest BCUT2D eigenvalue weighted by Gasteiger charge is -2.29. The van der Waals surface area contributed by atoms with Crippen molar-refractivity contribution in [2.45, 2.75) is 69.4 Å². The van der Waals surface area contributed by atoms with E-state index in [4.69, 9.17) is 21.9 Å². The lowest BCUT2D eigenvalue weighted by Crippen LogP contribution is -2.25. The fourth-order valence-electron chi connectivity index (χ4n) is 4.38. The Morgan fingerprint density at radius 3 is 2.31 bits per heavy atom. The summed E-state index contributed by atoms with van der Waals surface area (Å²) >= 11 is 2.27. The quantitative estimate of drug-likeness (QED) is 0.328. The Morgan fingerprint density at radius 1 is 0.962 bits per heavy atom. The number of nitrogens with two attached hydrogens (primary N) is 3. The third-order valence-electron chi connectivity index (χ3n) is 6.13. The number of hydrogen-bond acceptors (Lipinski definition) is 4. The predicted molar refractivity (Wildman–Crippen MR) is 119 cm³/mol. The van der Waals surface area contributed by atoms with Crippen molar-refractivity contribution in [3.05, 3.63) is 29.3 Å². The molecule has 0 aromatic heterocycles. The molecule has 0 atom stereocenters. The molecule has 0 radical (unpaired) electrons. The van der Waals surface area contributed by atoms with Crippen LogP contribution >= 0.6 is 22.6 Å². The van der Waals surface area contributed by atoms with Crippen LogP contribution in [0, 0.1) is 5.92 Å². The normalized spacial score (nSPS) is 29.9. The maximum absolute atomic E-state index is 6.43. The van der Waals surface area contributed by atoms with Crippen molar-refractivity contribution in [1.29, 1.82) is 0 Å². The second-order valence-electron chi connectivity index (χ2n) is 7.85. The zero-order valence-electron chi connectivity index (χ0n) is 15.5. The van der Waals surface area contributed by atoms with Gasteiger partial charge in [-0.15, -0.1) is 0 Å². The first-order valence-corrected chi connectivity index (χ1v) is 11.4. The minimum Gasteiger partial charge on any atom is -0.397 e. The van der Waals surface area contributed by atoms with E-state index in [9.17, 15) is 0 Å². The second kappa shape index (κ2) is 9.42. The van der Waals surface area contributed by atoms with Crippen LogP contribution in [0.4, 0.5) is 11.4 Å². The van der Waals surface area contributed by atoms with Gasteiger partial charge in [0.2, 0.25) is 0 Å². The molecule has 144 valence electrons. The highest BCUT2D eigenvalue weighted by Gasteiger charge is 2.25. The number of hydrogen-bond donors (Lipinski definition) is 3. The van der Waals surface area contributed by atoms with Crippen molar-refractivity contribution in [3.63, 3.8) is 0 Å². The Labute approximate surface area is 171 Å². The summed E-state index contributed by atoms with van der Waals surface area (Å²) in [5.74, 6) is 1.12. The fraction of sp³-hybridized carbons (Fsp3) is 0.619. The summed E-state index contributed by atoms with van der Waals surface area (Å²) in [6.07, 6.45) is 13.9. The van der Waals surface area contributed by atoms with Gasteiger partial charge in [-0.2, -0.15) is 0 Å². The van der Waals surface area contributed by atoms with Crippen LogP contribution in [0.5, 0.6) is 0 Å². The molecular weight excluding hydrogens is 437 g/mol. The van der Waals surface area contributed by atoms with Gasteiger partial charge in [0.1, 0.15) is 0 Å². The highest BCUT2D eigenvalue weighted by Crippen LogP contribution is 2.39. The van der Waals surface area contributed by atoms with E-state index in [0.717, 1.165) is 60.1 Å². The molecule has 1 aromatic rings. The molecule has 0 amide bonds. The van der Waals surface area contributed by atoms with Crippen LogP contribution in [-0.2, 0) is 4.74 Å². The monoisotopic (exact) mass is 469 g/mol. The first-order valence-electron chi connectivity index (χ1n) is 9.87. The van der Waals surface area contributed by atoms with E-state index in [1.165, 1.54) is 18.4 Å². The van der Waals surface area contributed by atoms with Crippen LogP contribution in [0.1, 0.15) is 68.4 Å². The predicted octanol–water partition coefficient (Wildman–Crippen LogP) is 4.82. The summed E-state index contributed by atoms with van der Waals surface area (Å²) in [4.78, 5) is 0. The first kappa shape index (κ1) is 20.0. The molecule has 2 aliphatic rings. The van der Waals surface area contributed by atoms with Gasteiger partial charge in [0.25, 0.3) is 0 Å². The summed E-state index contributed by atoms with van der Waals surface area (Å²) in [7, 11) is 0. The van der Waals surface area contributed by atoms with Gasteiger partial charge in [-0.1, -0.05) is 46.9 Å². The maximum atomic E-state index is 6.43. The number of anilines is 2. The van der Waals surface area contributed by atoms with Crippen LogP contribution in [-0.4, -0.2) is 16.8 Å².